The highest BCUT2D eigenvalue weighted by Gasteiger charge is 2.45. The van der Waals surface area contributed by atoms with E-state index >= 15 is 0 Å². The highest BCUT2D eigenvalue weighted by atomic mass is 16.2. The number of nitrogens with zero attached hydrogens (tertiary/aromatic N) is 1. The zero-order valence-corrected chi connectivity index (χ0v) is 13.7. The summed E-state index contributed by atoms with van der Waals surface area (Å²) in [5.41, 5.74) is 5.37. The van der Waals surface area contributed by atoms with E-state index in [1.54, 1.807) is 6.20 Å². The van der Waals surface area contributed by atoms with Crippen molar-refractivity contribution >= 4 is 11.7 Å². The van der Waals surface area contributed by atoms with Gasteiger partial charge in [-0.3, -0.25) is 4.79 Å². The van der Waals surface area contributed by atoms with Gasteiger partial charge in [0.1, 0.15) is 5.82 Å². The number of carbonyl (C=O) groups is 1. The molecule has 3 heteroatoms. The lowest BCUT2D eigenvalue weighted by Crippen LogP contribution is -2.38. The molecule has 0 fully saturated rings. The Balaban J connectivity index is 1.57. The molecule has 0 unspecified atom stereocenters. The Labute approximate surface area is 146 Å². The quantitative estimate of drug-likeness (QED) is 0.762. The molecule has 0 aliphatic heterocycles. The second-order valence-electron chi connectivity index (χ2n) is 6.83. The SMILES string of the molecule is O=C(Nc1ccccn1)[C@@H]1CC2c3ccccc3C1c1ccccc12. The average molecular weight is 326 g/mol. The number of amides is 1. The van der Waals surface area contributed by atoms with E-state index in [9.17, 15) is 4.79 Å². The predicted octanol–water partition coefficient (Wildman–Crippen LogP) is 4.32. The maximum absolute atomic E-state index is 13.0. The van der Waals surface area contributed by atoms with Crippen LogP contribution in [0.4, 0.5) is 5.82 Å². The summed E-state index contributed by atoms with van der Waals surface area (Å²) in [4.78, 5) is 17.3. The van der Waals surface area contributed by atoms with Crippen LogP contribution in [0.5, 0.6) is 0 Å². The molecular formula is C22H18N2O. The van der Waals surface area contributed by atoms with Crippen LogP contribution in [0, 0.1) is 5.92 Å². The third-order valence-electron chi connectivity index (χ3n) is 5.56. The molecule has 1 atom stereocenters. The van der Waals surface area contributed by atoms with Crippen molar-refractivity contribution in [3.8, 4) is 0 Å². The summed E-state index contributed by atoms with van der Waals surface area (Å²) in [6, 6.07) is 22.7. The van der Waals surface area contributed by atoms with Crippen LogP contribution < -0.4 is 5.32 Å². The Morgan fingerprint density at radius 1 is 0.840 bits per heavy atom. The van der Waals surface area contributed by atoms with E-state index < -0.39 is 0 Å². The fourth-order valence-electron chi connectivity index (χ4n) is 4.55. The van der Waals surface area contributed by atoms with E-state index in [-0.39, 0.29) is 17.7 Å². The van der Waals surface area contributed by atoms with Crippen LogP contribution in [0.25, 0.3) is 0 Å². The summed E-state index contributed by atoms with van der Waals surface area (Å²) in [5.74, 6) is 1.06. The molecule has 1 heterocycles. The van der Waals surface area contributed by atoms with Crippen molar-refractivity contribution in [2.75, 3.05) is 5.32 Å². The fraction of sp³-hybridized carbons (Fsp3) is 0.182. The molecule has 122 valence electrons. The summed E-state index contributed by atoms with van der Waals surface area (Å²) in [6.07, 6.45) is 2.56. The number of hydrogen-bond donors (Lipinski definition) is 1. The summed E-state index contributed by atoms with van der Waals surface area (Å²) < 4.78 is 0. The van der Waals surface area contributed by atoms with Crippen LogP contribution in [0.15, 0.2) is 72.9 Å². The molecule has 3 aliphatic rings. The number of aromatic nitrogens is 1. The highest BCUT2D eigenvalue weighted by molar-refractivity contribution is 5.93. The minimum Gasteiger partial charge on any atom is -0.310 e. The van der Waals surface area contributed by atoms with E-state index in [0.717, 1.165) is 6.42 Å². The van der Waals surface area contributed by atoms with Crippen molar-refractivity contribution in [3.05, 3.63) is 95.2 Å². The zero-order valence-electron chi connectivity index (χ0n) is 13.7. The Morgan fingerprint density at radius 2 is 1.44 bits per heavy atom. The Kier molecular flexibility index (Phi) is 3.20. The smallest absolute Gasteiger partial charge is 0.229 e. The van der Waals surface area contributed by atoms with Gasteiger partial charge >= 0.3 is 0 Å². The molecule has 25 heavy (non-hydrogen) atoms. The molecular weight excluding hydrogens is 308 g/mol. The van der Waals surface area contributed by atoms with Crippen molar-refractivity contribution in [1.82, 2.24) is 4.98 Å². The van der Waals surface area contributed by atoms with Crippen LogP contribution in [0.3, 0.4) is 0 Å². The summed E-state index contributed by atoms with van der Waals surface area (Å²) >= 11 is 0. The minimum atomic E-state index is -0.0585. The van der Waals surface area contributed by atoms with Gasteiger partial charge in [0.25, 0.3) is 0 Å². The third-order valence-corrected chi connectivity index (χ3v) is 5.56. The number of anilines is 1. The lowest BCUT2D eigenvalue weighted by atomic mass is 9.59. The number of pyridine rings is 1. The van der Waals surface area contributed by atoms with E-state index in [2.05, 4.69) is 58.8 Å². The number of fused-ring (bicyclic) bond motifs is 1. The molecule has 1 aromatic heterocycles. The molecule has 0 saturated heterocycles. The zero-order chi connectivity index (χ0) is 16.8. The van der Waals surface area contributed by atoms with Crippen LogP contribution in [-0.4, -0.2) is 10.9 Å². The van der Waals surface area contributed by atoms with Crippen LogP contribution in [-0.2, 0) is 4.79 Å². The second kappa shape index (κ2) is 5.55. The molecule has 0 spiro atoms. The summed E-state index contributed by atoms with van der Waals surface area (Å²) in [5, 5.41) is 3.01. The van der Waals surface area contributed by atoms with E-state index in [4.69, 9.17) is 0 Å². The molecule has 1 N–H and O–H groups in total. The molecule has 3 aromatic rings. The van der Waals surface area contributed by atoms with Crippen molar-refractivity contribution < 1.29 is 4.79 Å². The van der Waals surface area contributed by atoms with Gasteiger partial charge < -0.3 is 5.32 Å². The van der Waals surface area contributed by atoms with Crippen molar-refractivity contribution in [3.63, 3.8) is 0 Å². The maximum Gasteiger partial charge on any atom is 0.229 e. The molecule has 1 amide bonds. The van der Waals surface area contributed by atoms with Gasteiger partial charge in [0.05, 0.1) is 5.92 Å². The maximum atomic E-state index is 13.0. The first-order valence-electron chi connectivity index (χ1n) is 8.72. The van der Waals surface area contributed by atoms with Gasteiger partial charge in [-0.05, 0) is 40.8 Å². The van der Waals surface area contributed by atoms with Gasteiger partial charge in [-0.15, -0.1) is 0 Å². The highest BCUT2D eigenvalue weighted by Crippen LogP contribution is 2.55. The molecule has 3 nitrogen and oxygen atoms in total. The monoisotopic (exact) mass is 326 g/mol. The first kappa shape index (κ1) is 14.4. The average Bonchev–Trinajstić information content (AvgIpc) is 2.69. The van der Waals surface area contributed by atoms with Gasteiger partial charge in [0, 0.05) is 18.0 Å². The van der Waals surface area contributed by atoms with Crippen molar-refractivity contribution in [2.24, 2.45) is 5.92 Å². The molecule has 2 aromatic carbocycles. The lowest BCUT2D eigenvalue weighted by Gasteiger charge is -2.44. The number of hydrogen-bond acceptors (Lipinski definition) is 2. The second-order valence-corrected chi connectivity index (χ2v) is 6.83. The van der Waals surface area contributed by atoms with Gasteiger partial charge in [0.2, 0.25) is 5.91 Å². The molecule has 6 rings (SSSR count). The van der Waals surface area contributed by atoms with E-state index in [1.807, 2.05) is 18.2 Å². The third kappa shape index (κ3) is 2.19. The number of nitrogens with one attached hydrogen (secondary N) is 1. The van der Waals surface area contributed by atoms with Crippen molar-refractivity contribution in [1.29, 1.82) is 0 Å². The van der Waals surface area contributed by atoms with Gasteiger partial charge in [-0.25, -0.2) is 4.98 Å². The normalized spacial score (nSPS) is 22.8. The molecule has 2 bridgehead atoms. The molecule has 0 radical (unpaired) electrons. The summed E-state index contributed by atoms with van der Waals surface area (Å²) in [6.45, 7) is 0. The van der Waals surface area contributed by atoms with E-state index in [1.165, 1.54) is 22.3 Å². The largest absolute Gasteiger partial charge is 0.310 e. The van der Waals surface area contributed by atoms with E-state index in [0.29, 0.717) is 11.7 Å². The van der Waals surface area contributed by atoms with Gasteiger partial charge in [0.15, 0.2) is 0 Å². The predicted molar refractivity (Wildman–Crippen MR) is 97.5 cm³/mol. The molecule has 0 saturated carbocycles. The fourth-order valence-corrected chi connectivity index (χ4v) is 4.55. The number of rotatable bonds is 2. The van der Waals surface area contributed by atoms with Crippen molar-refractivity contribution in [2.45, 2.75) is 18.3 Å². The van der Waals surface area contributed by atoms with Gasteiger partial charge in [-0.2, -0.15) is 0 Å². The topological polar surface area (TPSA) is 42.0 Å². The number of benzene rings is 2. The minimum absolute atomic E-state index is 0.0585. The first-order chi connectivity index (χ1) is 12.3. The Bertz CT molecular complexity index is 904. The van der Waals surface area contributed by atoms with Crippen LogP contribution in [0.2, 0.25) is 0 Å². The number of carbonyl (C=O) groups excluding carboxylic acids is 1. The Morgan fingerprint density at radius 3 is 2.04 bits per heavy atom. The first-order valence-corrected chi connectivity index (χ1v) is 8.72. The van der Waals surface area contributed by atoms with Gasteiger partial charge in [-0.1, -0.05) is 54.6 Å². The lowest BCUT2D eigenvalue weighted by molar-refractivity contribution is -0.121. The standard InChI is InChI=1S/C22H18N2O/c25-22(24-20-11-5-6-12-23-20)19-13-18-14-7-1-3-9-16(14)21(19)17-10-4-2-8-15(17)18/h1-12,18-19,21H,13H2,(H,23,24,25)/t18?,19-,21?/m1/s1. The summed E-state index contributed by atoms with van der Waals surface area (Å²) in [7, 11) is 0. The van der Waals surface area contributed by atoms with Crippen LogP contribution in [0.1, 0.15) is 40.5 Å². The molecule has 3 aliphatic carbocycles. The van der Waals surface area contributed by atoms with Crippen LogP contribution >= 0.6 is 0 Å². The Hall–Kier alpha value is -2.94.